The van der Waals surface area contributed by atoms with Crippen LogP contribution in [0.15, 0.2) is 0 Å². The maximum absolute atomic E-state index is 10.2. The lowest BCUT2D eigenvalue weighted by molar-refractivity contribution is -0.136. The van der Waals surface area contributed by atoms with Gasteiger partial charge in [-0.2, -0.15) is 0 Å². The highest BCUT2D eigenvalue weighted by Crippen LogP contribution is 2.31. The summed E-state index contributed by atoms with van der Waals surface area (Å²) in [5.74, 6) is -0.680. The van der Waals surface area contributed by atoms with E-state index in [2.05, 4.69) is 0 Å². The molecule has 0 aromatic carbocycles. The molecule has 0 saturated heterocycles. The lowest BCUT2D eigenvalue weighted by Crippen LogP contribution is -2.12. The molecule has 0 aliphatic carbocycles. The van der Waals surface area contributed by atoms with E-state index in [9.17, 15) is 4.79 Å². The smallest absolute Gasteiger partial charge is 0.310 e. The number of carboxylic acids is 1. The van der Waals surface area contributed by atoms with Crippen LogP contribution in [0, 0.1) is 0 Å². The molecule has 0 aromatic heterocycles. The predicted octanol–water partition coefficient (Wildman–Crippen LogP) is 1.20. The summed E-state index contributed by atoms with van der Waals surface area (Å²) in [6.45, 7) is 5.68. The van der Waals surface area contributed by atoms with E-state index < -0.39 is 5.97 Å². The molecule has 3 heteroatoms. The van der Waals surface area contributed by atoms with Gasteiger partial charge in [-0.25, -0.2) is 0 Å². The average molecular weight is 134 g/mol. The third kappa shape index (κ3) is 2.27. The van der Waals surface area contributed by atoms with Crippen LogP contribution in [0.4, 0.5) is 0 Å². The first kappa shape index (κ1) is 7.90. The van der Waals surface area contributed by atoms with Gasteiger partial charge in [0.2, 0.25) is 0 Å². The van der Waals surface area contributed by atoms with Crippen LogP contribution in [-0.2, 0) is 4.79 Å². The fraction of sp³-hybridized carbons (Fsp3) is 0.800. The lowest BCUT2D eigenvalue weighted by atomic mass is 10.5. The molecule has 0 rings (SSSR count). The molecule has 0 bridgehead atoms. The summed E-state index contributed by atoms with van der Waals surface area (Å²) < 4.78 is 0. The first-order valence-corrected chi connectivity index (χ1v) is 4.75. The molecule has 0 aliphatic heterocycles. The van der Waals surface area contributed by atoms with Crippen molar-refractivity contribution in [3.05, 3.63) is 0 Å². The average Bonchev–Trinajstić information content (AvgIpc) is 1.64. The summed E-state index contributed by atoms with van der Waals surface area (Å²) in [5, 5.41) is 8.37. The maximum Gasteiger partial charge on any atom is 0.310 e. The zero-order valence-electron chi connectivity index (χ0n) is 5.38. The Morgan fingerprint density at radius 3 is 2.00 bits per heavy atom. The molecule has 0 aliphatic rings. The Labute approximate surface area is 50.7 Å². The topological polar surface area (TPSA) is 37.3 Å². The van der Waals surface area contributed by atoms with Crippen molar-refractivity contribution in [2.45, 2.75) is 12.6 Å². The monoisotopic (exact) mass is 134 g/mol. The Morgan fingerprint density at radius 2 is 2.00 bits per heavy atom. The molecule has 8 heavy (non-hydrogen) atoms. The Morgan fingerprint density at radius 1 is 1.62 bits per heavy atom. The third-order valence-electron chi connectivity index (χ3n) is 1.13. The van der Waals surface area contributed by atoms with Crippen molar-refractivity contribution < 1.29 is 9.90 Å². The maximum atomic E-state index is 10.2. The van der Waals surface area contributed by atoms with E-state index in [0.29, 0.717) is 0 Å². The highest BCUT2D eigenvalue weighted by Gasteiger charge is 2.13. The van der Waals surface area contributed by atoms with Crippen LogP contribution >= 0.6 is 7.92 Å². The molecule has 2 nitrogen and oxygen atoms in total. The highest BCUT2D eigenvalue weighted by molar-refractivity contribution is 7.57. The van der Waals surface area contributed by atoms with E-state index in [0.717, 1.165) is 0 Å². The molecule has 0 spiro atoms. The van der Waals surface area contributed by atoms with Crippen LogP contribution < -0.4 is 0 Å². The van der Waals surface area contributed by atoms with Crippen molar-refractivity contribution in [3.8, 4) is 0 Å². The zero-order chi connectivity index (χ0) is 6.73. The summed E-state index contributed by atoms with van der Waals surface area (Å²) in [6, 6.07) is 0. The number of aliphatic carboxylic acids is 1. The predicted molar refractivity (Wildman–Crippen MR) is 35.9 cm³/mol. The molecule has 0 saturated carbocycles. The number of carbonyl (C=O) groups is 1. The minimum Gasteiger partial charge on any atom is -0.481 e. The molecule has 1 N–H and O–H groups in total. The van der Waals surface area contributed by atoms with Crippen molar-refractivity contribution in [1.29, 1.82) is 0 Å². The lowest BCUT2D eigenvalue weighted by Gasteiger charge is -2.08. The molecule has 0 amide bonds. The molecule has 0 fully saturated rings. The minimum atomic E-state index is -0.680. The van der Waals surface area contributed by atoms with Crippen LogP contribution in [0.1, 0.15) is 6.92 Å². The molecule has 1 atom stereocenters. The van der Waals surface area contributed by atoms with Gasteiger partial charge in [-0.3, -0.25) is 4.79 Å². The Hall–Kier alpha value is -0.100. The van der Waals surface area contributed by atoms with Gasteiger partial charge >= 0.3 is 5.97 Å². The Balaban J connectivity index is 3.64. The van der Waals surface area contributed by atoms with Gasteiger partial charge in [0.05, 0.1) is 5.66 Å². The summed E-state index contributed by atoms with van der Waals surface area (Å²) in [6.07, 6.45) is 0. The van der Waals surface area contributed by atoms with Gasteiger partial charge in [0.15, 0.2) is 0 Å². The van der Waals surface area contributed by atoms with Gasteiger partial charge in [-0.05, 0) is 20.3 Å². The molecule has 1 unspecified atom stereocenters. The number of hydrogen-bond donors (Lipinski definition) is 1. The molecule has 0 aromatic rings. The van der Waals surface area contributed by atoms with Crippen LogP contribution in [0.5, 0.6) is 0 Å². The normalized spacial score (nSPS) is 14.0. The second-order valence-corrected chi connectivity index (χ2v) is 4.68. The van der Waals surface area contributed by atoms with E-state index in [1.165, 1.54) is 0 Å². The first-order valence-electron chi connectivity index (χ1n) is 2.45. The zero-order valence-corrected chi connectivity index (χ0v) is 6.27. The fourth-order valence-corrected chi connectivity index (χ4v) is 0.663. The summed E-state index contributed by atoms with van der Waals surface area (Å²) in [4.78, 5) is 10.2. The highest BCUT2D eigenvalue weighted by atomic mass is 31.1. The van der Waals surface area contributed by atoms with Crippen LogP contribution in [0.2, 0.25) is 0 Å². The largest absolute Gasteiger partial charge is 0.481 e. The van der Waals surface area contributed by atoms with Gasteiger partial charge in [0, 0.05) is 0 Å². The first-order chi connectivity index (χ1) is 3.55. The molecular weight excluding hydrogens is 123 g/mol. The van der Waals surface area contributed by atoms with Crippen molar-refractivity contribution in [3.63, 3.8) is 0 Å². The van der Waals surface area contributed by atoms with Crippen molar-refractivity contribution >= 4 is 13.9 Å². The van der Waals surface area contributed by atoms with Crippen molar-refractivity contribution in [2.75, 3.05) is 13.3 Å². The van der Waals surface area contributed by atoms with Crippen LogP contribution in [0.25, 0.3) is 0 Å². The SMILES string of the molecule is CC(C(=O)O)P(C)C. The molecule has 0 radical (unpaired) electrons. The van der Waals surface area contributed by atoms with E-state index in [4.69, 9.17) is 5.11 Å². The van der Waals surface area contributed by atoms with Crippen LogP contribution in [-0.4, -0.2) is 30.1 Å². The van der Waals surface area contributed by atoms with E-state index in [1.54, 1.807) is 6.92 Å². The van der Waals surface area contributed by atoms with Gasteiger partial charge < -0.3 is 5.11 Å². The third-order valence-corrected chi connectivity index (χ3v) is 2.90. The molecular formula is C5H11O2P. The van der Waals surface area contributed by atoms with Crippen molar-refractivity contribution in [1.82, 2.24) is 0 Å². The minimum absolute atomic E-state index is 0.148. The quantitative estimate of drug-likeness (QED) is 0.576. The van der Waals surface area contributed by atoms with E-state index in [1.807, 2.05) is 13.3 Å². The second-order valence-electron chi connectivity index (χ2n) is 1.98. The number of hydrogen-bond acceptors (Lipinski definition) is 1. The number of rotatable bonds is 2. The van der Waals surface area contributed by atoms with Gasteiger partial charge in [0.1, 0.15) is 0 Å². The number of carboxylic acid groups (broad SMARTS) is 1. The van der Waals surface area contributed by atoms with Crippen LogP contribution in [0.3, 0.4) is 0 Å². The second kappa shape index (κ2) is 3.03. The summed E-state index contributed by atoms with van der Waals surface area (Å²) >= 11 is 0. The van der Waals surface area contributed by atoms with Gasteiger partial charge in [0.25, 0.3) is 0 Å². The van der Waals surface area contributed by atoms with Crippen molar-refractivity contribution in [2.24, 2.45) is 0 Å². The summed E-state index contributed by atoms with van der Waals surface area (Å²) in [7, 11) is -0.301. The van der Waals surface area contributed by atoms with E-state index >= 15 is 0 Å². The summed E-state index contributed by atoms with van der Waals surface area (Å²) in [5.41, 5.74) is -0.148. The van der Waals surface area contributed by atoms with Gasteiger partial charge in [-0.15, -0.1) is 0 Å². The Kier molecular flexibility index (Phi) is 2.99. The fourth-order valence-electron chi connectivity index (χ4n) is 0.221. The van der Waals surface area contributed by atoms with E-state index in [-0.39, 0.29) is 13.6 Å². The standard InChI is InChI=1S/C5H11O2P/c1-4(5(6)7)8(2)3/h4H,1-3H3,(H,6,7). The molecule has 48 valence electrons. The molecule has 0 heterocycles. The van der Waals surface area contributed by atoms with Gasteiger partial charge in [-0.1, -0.05) is 7.92 Å². The Bertz CT molecular complexity index is 90.4.